The number of nitrogens with one attached hydrogen (secondary N) is 1. The van der Waals surface area contributed by atoms with Crippen LogP contribution in [0, 0.1) is 5.82 Å². The molecule has 1 N–H and O–H groups in total. The van der Waals surface area contributed by atoms with Crippen LogP contribution >= 0.6 is 0 Å². The van der Waals surface area contributed by atoms with Crippen LogP contribution in [0.1, 0.15) is 13.8 Å². The second-order valence-electron chi connectivity index (χ2n) is 4.68. The van der Waals surface area contributed by atoms with Gasteiger partial charge in [0.05, 0.1) is 0 Å². The highest BCUT2D eigenvalue weighted by Gasteiger charge is 2.46. The highest BCUT2D eigenvalue weighted by Crippen LogP contribution is 2.26. The molecule has 0 radical (unpaired) electrons. The number of amides is 1. The standard InChI is InChI=1S/C11H14FN3O3S/c1-11(2)10(16)14-6-7-15(11)19(17,18)9-8(12)4-3-5-13-9/h3-5H,6-7H2,1-2H3,(H,14,16). The summed E-state index contributed by atoms with van der Waals surface area (Å²) in [6.45, 7) is 3.22. The van der Waals surface area contributed by atoms with Crippen LogP contribution < -0.4 is 5.32 Å². The molecule has 0 aromatic carbocycles. The van der Waals surface area contributed by atoms with Crippen molar-refractivity contribution in [2.24, 2.45) is 0 Å². The Morgan fingerprint density at radius 1 is 1.47 bits per heavy atom. The van der Waals surface area contributed by atoms with Gasteiger partial charge in [0.25, 0.3) is 10.0 Å². The predicted molar refractivity (Wildman–Crippen MR) is 65.2 cm³/mol. The zero-order valence-electron chi connectivity index (χ0n) is 10.6. The van der Waals surface area contributed by atoms with E-state index in [-0.39, 0.29) is 13.1 Å². The maximum Gasteiger partial charge on any atom is 0.264 e. The first-order chi connectivity index (χ1) is 8.78. The number of pyridine rings is 1. The lowest BCUT2D eigenvalue weighted by atomic mass is 10.0. The molecule has 0 unspecified atom stereocenters. The Hall–Kier alpha value is -1.54. The third kappa shape index (κ3) is 2.21. The summed E-state index contributed by atoms with van der Waals surface area (Å²) >= 11 is 0. The number of halogens is 1. The van der Waals surface area contributed by atoms with E-state index in [9.17, 15) is 17.6 Å². The van der Waals surface area contributed by atoms with Crippen molar-refractivity contribution < 1.29 is 17.6 Å². The van der Waals surface area contributed by atoms with Gasteiger partial charge < -0.3 is 5.32 Å². The van der Waals surface area contributed by atoms with Gasteiger partial charge in [-0.15, -0.1) is 0 Å². The fraction of sp³-hybridized carbons (Fsp3) is 0.455. The summed E-state index contributed by atoms with van der Waals surface area (Å²) in [6, 6.07) is 2.33. The number of carbonyl (C=O) groups is 1. The zero-order valence-corrected chi connectivity index (χ0v) is 11.4. The van der Waals surface area contributed by atoms with E-state index in [0.717, 1.165) is 10.4 Å². The van der Waals surface area contributed by atoms with Gasteiger partial charge in [0.15, 0.2) is 5.82 Å². The average Bonchev–Trinajstić information content (AvgIpc) is 2.32. The fourth-order valence-corrected chi connectivity index (χ4v) is 3.70. The second kappa shape index (κ2) is 4.53. The summed E-state index contributed by atoms with van der Waals surface area (Å²) in [5.41, 5.74) is -1.28. The van der Waals surface area contributed by atoms with Gasteiger partial charge >= 0.3 is 0 Å². The fourth-order valence-electron chi connectivity index (χ4n) is 1.97. The van der Waals surface area contributed by atoms with Gasteiger partial charge in [-0.25, -0.2) is 17.8 Å². The molecule has 0 spiro atoms. The molecule has 0 atom stereocenters. The highest BCUT2D eigenvalue weighted by molar-refractivity contribution is 7.89. The first-order valence-electron chi connectivity index (χ1n) is 5.69. The number of sulfonamides is 1. The van der Waals surface area contributed by atoms with Crippen LogP contribution in [-0.2, 0) is 14.8 Å². The molecular weight excluding hydrogens is 273 g/mol. The smallest absolute Gasteiger partial charge is 0.264 e. The summed E-state index contributed by atoms with van der Waals surface area (Å²) in [5, 5.41) is 1.93. The Balaban J connectivity index is 2.51. The number of nitrogens with zero attached hydrogens (tertiary/aromatic N) is 2. The SMILES string of the molecule is CC1(C)C(=O)NCCN1S(=O)(=O)c1ncccc1F. The molecule has 6 nitrogen and oxygen atoms in total. The summed E-state index contributed by atoms with van der Waals surface area (Å²) in [7, 11) is -4.15. The predicted octanol–water partition coefficient (Wildman–Crippen LogP) is 0.120. The Labute approximate surface area is 110 Å². The van der Waals surface area contributed by atoms with Crippen LogP contribution in [0.4, 0.5) is 4.39 Å². The van der Waals surface area contributed by atoms with Crippen molar-refractivity contribution in [1.82, 2.24) is 14.6 Å². The van der Waals surface area contributed by atoms with E-state index in [1.54, 1.807) is 0 Å². The minimum atomic E-state index is -4.15. The molecule has 1 aliphatic heterocycles. The first-order valence-corrected chi connectivity index (χ1v) is 7.13. The van der Waals surface area contributed by atoms with Gasteiger partial charge in [0.2, 0.25) is 10.9 Å². The summed E-state index contributed by atoms with van der Waals surface area (Å²) in [6.07, 6.45) is 1.20. The Morgan fingerprint density at radius 2 is 2.16 bits per heavy atom. The van der Waals surface area contributed by atoms with Crippen LogP contribution in [-0.4, -0.2) is 42.2 Å². The monoisotopic (exact) mass is 287 g/mol. The molecule has 1 saturated heterocycles. The normalized spacial score (nSPS) is 20.1. The van der Waals surface area contributed by atoms with Crippen LogP contribution in [0.3, 0.4) is 0 Å². The summed E-state index contributed by atoms with van der Waals surface area (Å²) < 4.78 is 39.4. The summed E-state index contributed by atoms with van der Waals surface area (Å²) in [4.78, 5) is 15.3. The molecule has 0 saturated carbocycles. The molecule has 1 amide bonds. The second-order valence-corrected chi connectivity index (χ2v) is 6.46. The molecule has 19 heavy (non-hydrogen) atoms. The molecule has 1 aliphatic rings. The van der Waals surface area contributed by atoms with Gasteiger partial charge in [0.1, 0.15) is 5.54 Å². The van der Waals surface area contributed by atoms with Crippen molar-refractivity contribution in [2.75, 3.05) is 13.1 Å². The molecule has 1 fully saturated rings. The van der Waals surface area contributed by atoms with E-state index in [0.29, 0.717) is 0 Å². The van der Waals surface area contributed by atoms with Gasteiger partial charge in [-0.2, -0.15) is 4.31 Å². The molecule has 8 heteroatoms. The Kier molecular flexibility index (Phi) is 3.31. The zero-order chi connectivity index (χ0) is 14.3. The third-order valence-electron chi connectivity index (χ3n) is 3.04. The molecule has 0 bridgehead atoms. The number of hydrogen-bond donors (Lipinski definition) is 1. The van der Waals surface area contributed by atoms with E-state index in [2.05, 4.69) is 10.3 Å². The minimum Gasteiger partial charge on any atom is -0.353 e. The van der Waals surface area contributed by atoms with E-state index >= 15 is 0 Å². The van der Waals surface area contributed by atoms with E-state index in [1.807, 2.05) is 0 Å². The number of hydrogen-bond acceptors (Lipinski definition) is 4. The minimum absolute atomic E-state index is 0.0804. The lowest BCUT2D eigenvalue weighted by molar-refractivity contribution is -0.131. The number of carbonyl (C=O) groups excluding carboxylic acids is 1. The van der Waals surface area contributed by atoms with Gasteiger partial charge in [-0.05, 0) is 26.0 Å². The van der Waals surface area contributed by atoms with Crippen molar-refractivity contribution in [2.45, 2.75) is 24.4 Å². The molecule has 104 valence electrons. The highest BCUT2D eigenvalue weighted by atomic mass is 32.2. The van der Waals surface area contributed by atoms with Crippen molar-refractivity contribution >= 4 is 15.9 Å². The van der Waals surface area contributed by atoms with Crippen LogP contribution in [0.2, 0.25) is 0 Å². The number of piperazine rings is 1. The van der Waals surface area contributed by atoms with Crippen LogP contribution in [0.5, 0.6) is 0 Å². The topological polar surface area (TPSA) is 79.4 Å². The van der Waals surface area contributed by atoms with Crippen molar-refractivity contribution in [3.8, 4) is 0 Å². The lowest BCUT2D eigenvalue weighted by Gasteiger charge is -2.39. The molecule has 2 rings (SSSR count). The Morgan fingerprint density at radius 3 is 2.79 bits per heavy atom. The maximum atomic E-state index is 13.6. The molecule has 1 aromatic heterocycles. The van der Waals surface area contributed by atoms with Crippen molar-refractivity contribution in [1.29, 1.82) is 0 Å². The van der Waals surface area contributed by atoms with E-state index in [1.165, 1.54) is 26.1 Å². The third-order valence-corrected chi connectivity index (χ3v) is 5.05. The van der Waals surface area contributed by atoms with Crippen LogP contribution in [0.25, 0.3) is 0 Å². The van der Waals surface area contributed by atoms with Gasteiger partial charge in [-0.1, -0.05) is 0 Å². The summed E-state index contributed by atoms with van der Waals surface area (Å²) in [5.74, 6) is -1.34. The Bertz CT molecular complexity index is 615. The molecule has 0 aliphatic carbocycles. The lowest BCUT2D eigenvalue weighted by Crippen LogP contribution is -2.63. The van der Waals surface area contributed by atoms with Gasteiger partial charge in [0, 0.05) is 19.3 Å². The quantitative estimate of drug-likeness (QED) is 0.838. The number of aromatic nitrogens is 1. The van der Waals surface area contributed by atoms with Crippen LogP contribution in [0.15, 0.2) is 23.4 Å². The van der Waals surface area contributed by atoms with Crippen molar-refractivity contribution in [3.05, 3.63) is 24.1 Å². The van der Waals surface area contributed by atoms with E-state index < -0.39 is 32.3 Å². The first kappa shape index (κ1) is 13.9. The molecule has 2 heterocycles. The van der Waals surface area contributed by atoms with E-state index in [4.69, 9.17) is 0 Å². The average molecular weight is 287 g/mol. The molecular formula is C11H14FN3O3S. The number of rotatable bonds is 2. The maximum absolute atomic E-state index is 13.6. The molecule has 1 aromatic rings. The largest absolute Gasteiger partial charge is 0.353 e. The van der Waals surface area contributed by atoms with Gasteiger partial charge in [-0.3, -0.25) is 4.79 Å². The van der Waals surface area contributed by atoms with Crippen molar-refractivity contribution in [3.63, 3.8) is 0 Å².